The van der Waals surface area contributed by atoms with Crippen LogP contribution in [0.5, 0.6) is 0 Å². The van der Waals surface area contributed by atoms with Crippen LogP contribution in [0.25, 0.3) is 0 Å². The van der Waals surface area contributed by atoms with Crippen molar-refractivity contribution in [1.29, 1.82) is 0 Å². The topological polar surface area (TPSA) is 26.3 Å². The molecule has 2 unspecified atom stereocenters. The van der Waals surface area contributed by atoms with Crippen molar-refractivity contribution in [3.05, 3.63) is 0 Å². The Balaban J connectivity index is 4.08. The van der Waals surface area contributed by atoms with Gasteiger partial charge in [0.25, 0.3) is 5.92 Å². The van der Waals surface area contributed by atoms with Gasteiger partial charge in [-0.15, -0.1) is 0 Å². The standard InChI is InChI=1S/C11H19F3O2/c1-4-11(13,14)7-9(12)8(3)6-10(15)16-5-2/h8-9H,4-7H2,1-3H3. The molecule has 0 amide bonds. The van der Waals surface area contributed by atoms with Crippen LogP contribution in [0.2, 0.25) is 0 Å². The van der Waals surface area contributed by atoms with Gasteiger partial charge < -0.3 is 4.74 Å². The van der Waals surface area contributed by atoms with Crippen LogP contribution in [0, 0.1) is 5.92 Å². The van der Waals surface area contributed by atoms with Gasteiger partial charge in [0.15, 0.2) is 0 Å². The Morgan fingerprint density at radius 2 is 1.94 bits per heavy atom. The van der Waals surface area contributed by atoms with Gasteiger partial charge in [0.2, 0.25) is 0 Å². The van der Waals surface area contributed by atoms with Gasteiger partial charge in [-0.2, -0.15) is 0 Å². The zero-order chi connectivity index (χ0) is 12.8. The van der Waals surface area contributed by atoms with Crippen LogP contribution in [-0.2, 0) is 9.53 Å². The molecule has 0 saturated carbocycles. The van der Waals surface area contributed by atoms with E-state index in [2.05, 4.69) is 4.74 Å². The van der Waals surface area contributed by atoms with E-state index >= 15 is 0 Å². The van der Waals surface area contributed by atoms with E-state index in [4.69, 9.17) is 0 Å². The molecule has 0 bridgehead atoms. The second kappa shape index (κ2) is 6.76. The number of hydrogen-bond acceptors (Lipinski definition) is 2. The quantitative estimate of drug-likeness (QED) is 0.638. The summed E-state index contributed by atoms with van der Waals surface area (Å²) in [6.07, 6.45) is -3.06. The number of esters is 1. The molecule has 0 saturated heterocycles. The van der Waals surface area contributed by atoms with Crippen LogP contribution in [-0.4, -0.2) is 24.7 Å². The molecular formula is C11H19F3O2. The predicted octanol–water partition coefficient (Wildman–Crippen LogP) is 3.35. The van der Waals surface area contributed by atoms with Crippen molar-refractivity contribution in [1.82, 2.24) is 0 Å². The first kappa shape index (κ1) is 15.3. The lowest BCUT2D eigenvalue weighted by molar-refractivity contribution is -0.145. The number of carbonyl (C=O) groups excluding carboxylic acids is 1. The van der Waals surface area contributed by atoms with Gasteiger partial charge >= 0.3 is 5.97 Å². The summed E-state index contributed by atoms with van der Waals surface area (Å²) in [5.41, 5.74) is 0. The molecule has 0 aliphatic rings. The van der Waals surface area contributed by atoms with Gasteiger partial charge in [-0.25, -0.2) is 13.2 Å². The predicted molar refractivity (Wildman–Crippen MR) is 55.2 cm³/mol. The third-order valence-corrected chi connectivity index (χ3v) is 2.42. The summed E-state index contributed by atoms with van der Waals surface area (Å²) in [5, 5.41) is 0. The van der Waals surface area contributed by atoms with Crippen LogP contribution in [0.15, 0.2) is 0 Å². The molecule has 0 aliphatic carbocycles. The van der Waals surface area contributed by atoms with Crippen molar-refractivity contribution < 1.29 is 22.7 Å². The summed E-state index contributed by atoms with van der Waals surface area (Å²) >= 11 is 0. The average Bonchev–Trinajstić information content (AvgIpc) is 2.17. The summed E-state index contributed by atoms with van der Waals surface area (Å²) in [6, 6.07) is 0. The molecule has 2 nitrogen and oxygen atoms in total. The molecule has 2 atom stereocenters. The minimum atomic E-state index is -3.00. The van der Waals surface area contributed by atoms with Crippen molar-refractivity contribution in [2.24, 2.45) is 5.92 Å². The maximum absolute atomic E-state index is 13.4. The maximum atomic E-state index is 13.4. The Labute approximate surface area is 94.2 Å². The van der Waals surface area contributed by atoms with Gasteiger partial charge in [-0.3, -0.25) is 4.79 Å². The summed E-state index contributed by atoms with van der Waals surface area (Å²) in [7, 11) is 0. The Morgan fingerprint density at radius 3 is 2.38 bits per heavy atom. The molecule has 0 fully saturated rings. The molecule has 0 N–H and O–H groups in total. The number of carbonyl (C=O) groups is 1. The lowest BCUT2D eigenvalue weighted by Gasteiger charge is -2.21. The first-order valence-corrected chi connectivity index (χ1v) is 5.50. The highest BCUT2D eigenvalue weighted by atomic mass is 19.3. The molecule has 0 aromatic heterocycles. The second-order valence-corrected chi connectivity index (χ2v) is 3.92. The van der Waals surface area contributed by atoms with Gasteiger partial charge in [0.05, 0.1) is 13.0 Å². The van der Waals surface area contributed by atoms with Gasteiger partial charge in [-0.05, 0) is 12.8 Å². The Morgan fingerprint density at radius 1 is 1.38 bits per heavy atom. The fourth-order valence-corrected chi connectivity index (χ4v) is 1.24. The highest BCUT2D eigenvalue weighted by Crippen LogP contribution is 2.29. The molecule has 96 valence electrons. The molecular weight excluding hydrogens is 221 g/mol. The van der Waals surface area contributed by atoms with Crippen molar-refractivity contribution >= 4 is 5.97 Å². The third-order valence-electron chi connectivity index (χ3n) is 2.42. The zero-order valence-corrected chi connectivity index (χ0v) is 9.93. The molecule has 16 heavy (non-hydrogen) atoms. The zero-order valence-electron chi connectivity index (χ0n) is 9.93. The lowest BCUT2D eigenvalue weighted by Crippen LogP contribution is -2.26. The molecule has 0 rings (SSSR count). The smallest absolute Gasteiger partial charge is 0.306 e. The number of hydrogen-bond donors (Lipinski definition) is 0. The summed E-state index contributed by atoms with van der Waals surface area (Å²) in [4.78, 5) is 11.0. The lowest BCUT2D eigenvalue weighted by atomic mass is 9.96. The van der Waals surface area contributed by atoms with E-state index in [1.165, 1.54) is 13.8 Å². The number of ether oxygens (including phenoxy) is 1. The van der Waals surface area contributed by atoms with Crippen molar-refractivity contribution in [3.8, 4) is 0 Å². The minimum Gasteiger partial charge on any atom is -0.466 e. The minimum absolute atomic E-state index is 0.158. The molecule has 0 heterocycles. The van der Waals surface area contributed by atoms with Crippen LogP contribution in [0.4, 0.5) is 13.2 Å². The van der Waals surface area contributed by atoms with Crippen LogP contribution in [0.1, 0.15) is 40.0 Å². The van der Waals surface area contributed by atoms with E-state index in [-0.39, 0.29) is 19.4 Å². The first-order chi connectivity index (χ1) is 7.32. The van der Waals surface area contributed by atoms with E-state index in [1.807, 2.05) is 0 Å². The summed E-state index contributed by atoms with van der Waals surface area (Å²) < 4.78 is 43.8. The Hall–Kier alpha value is -0.740. The van der Waals surface area contributed by atoms with E-state index in [0.29, 0.717) is 0 Å². The van der Waals surface area contributed by atoms with Crippen molar-refractivity contribution in [2.75, 3.05) is 6.61 Å². The van der Waals surface area contributed by atoms with Gasteiger partial charge in [-0.1, -0.05) is 13.8 Å². The Bertz CT molecular complexity index is 219. The number of halogens is 3. The normalized spacial score (nSPS) is 15.6. The van der Waals surface area contributed by atoms with Crippen molar-refractivity contribution in [3.63, 3.8) is 0 Å². The monoisotopic (exact) mass is 240 g/mol. The SMILES string of the molecule is CCOC(=O)CC(C)C(F)CC(F)(F)CC. The van der Waals surface area contributed by atoms with Gasteiger partial charge in [0.1, 0.15) is 6.17 Å². The summed E-state index contributed by atoms with van der Waals surface area (Å²) in [5.74, 6) is -4.28. The molecule has 0 aromatic rings. The number of alkyl halides is 3. The maximum Gasteiger partial charge on any atom is 0.306 e. The molecule has 5 heteroatoms. The third kappa shape index (κ3) is 5.98. The van der Waals surface area contributed by atoms with E-state index in [1.54, 1.807) is 6.92 Å². The van der Waals surface area contributed by atoms with E-state index in [0.717, 1.165) is 0 Å². The molecule has 0 aliphatic heterocycles. The molecule has 0 aromatic carbocycles. The average molecular weight is 240 g/mol. The van der Waals surface area contributed by atoms with Crippen LogP contribution >= 0.6 is 0 Å². The van der Waals surface area contributed by atoms with Gasteiger partial charge in [0, 0.05) is 12.8 Å². The summed E-state index contributed by atoms with van der Waals surface area (Å²) in [6.45, 7) is 4.60. The van der Waals surface area contributed by atoms with E-state index < -0.39 is 30.4 Å². The largest absolute Gasteiger partial charge is 0.466 e. The Kier molecular flexibility index (Phi) is 6.45. The van der Waals surface area contributed by atoms with Crippen LogP contribution < -0.4 is 0 Å². The fraction of sp³-hybridized carbons (Fsp3) is 0.909. The highest BCUT2D eigenvalue weighted by Gasteiger charge is 2.33. The fourth-order valence-electron chi connectivity index (χ4n) is 1.24. The molecule has 0 spiro atoms. The highest BCUT2D eigenvalue weighted by molar-refractivity contribution is 5.69. The van der Waals surface area contributed by atoms with Crippen LogP contribution in [0.3, 0.4) is 0 Å². The second-order valence-electron chi connectivity index (χ2n) is 3.92. The number of rotatable bonds is 7. The van der Waals surface area contributed by atoms with Crippen molar-refractivity contribution in [2.45, 2.75) is 52.1 Å². The van der Waals surface area contributed by atoms with E-state index in [9.17, 15) is 18.0 Å². The molecule has 0 radical (unpaired) electrons. The first-order valence-electron chi connectivity index (χ1n) is 5.50.